The van der Waals surface area contributed by atoms with E-state index in [1.807, 2.05) is 0 Å². The van der Waals surface area contributed by atoms with Gasteiger partial charge >= 0.3 is 5.97 Å². The summed E-state index contributed by atoms with van der Waals surface area (Å²) >= 11 is 0. The van der Waals surface area contributed by atoms with Crippen LogP contribution in [0.15, 0.2) is 23.1 Å². The second-order valence-corrected chi connectivity index (χ2v) is 6.60. The van der Waals surface area contributed by atoms with E-state index in [0.717, 1.165) is 0 Å². The second kappa shape index (κ2) is 7.53. The van der Waals surface area contributed by atoms with Crippen LogP contribution < -0.4 is 10.5 Å². The Balaban J connectivity index is 3.00. The van der Waals surface area contributed by atoms with Crippen LogP contribution in [0.25, 0.3) is 0 Å². The van der Waals surface area contributed by atoms with Gasteiger partial charge in [0.25, 0.3) is 0 Å². The zero-order valence-electron chi connectivity index (χ0n) is 12.5. The van der Waals surface area contributed by atoms with Crippen molar-refractivity contribution in [3.63, 3.8) is 0 Å². The number of nitrogens with one attached hydrogen (secondary N) is 1. The molecule has 1 atom stereocenters. The van der Waals surface area contributed by atoms with Crippen molar-refractivity contribution in [1.29, 1.82) is 0 Å². The van der Waals surface area contributed by atoms with Crippen molar-refractivity contribution < 1.29 is 17.9 Å². The molecular weight excluding hydrogens is 292 g/mol. The van der Waals surface area contributed by atoms with Gasteiger partial charge < -0.3 is 10.5 Å². The van der Waals surface area contributed by atoms with Gasteiger partial charge in [0.2, 0.25) is 10.0 Å². The fraction of sp³-hybridized carbons (Fsp3) is 0.500. The standard InChI is InChI=1S/C14H22N2O4S/c1-4-20-14(17)12-6-5-10(2)13(9-12)21(18,19)16-8-7-11(3)15/h5-6,9,11,16H,4,7-8,15H2,1-3H3. The third kappa shape index (κ3) is 5.11. The van der Waals surface area contributed by atoms with E-state index in [9.17, 15) is 13.2 Å². The van der Waals surface area contributed by atoms with Crippen LogP contribution in [-0.4, -0.2) is 33.6 Å². The minimum atomic E-state index is -3.67. The zero-order chi connectivity index (χ0) is 16.0. The van der Waals surface area contributed by atoms with Crippen molar-refractivity contribution >= 4 is 16.0 Å². The first-order valence-electron chi connectivity index (χ1n) is 6.81. The smallest absolute Gasteiger partial charge is 0.338 e. The fourth-order valence-electron chi connectivity index (χ4n) is 1.73. The second-order valence-electron chi connectivity index (χ2n) is 4.86. The van der Waals surface area contributed by atoms with Crippen LogP contribution in [0.3, 0.4) is 0 Å². The van der Waals surface area contributed by atoms with Crippen LogP contribution in [0.4, 0.5) is 0 Å². The number of hydrogen-bond acceptors (Lipinski definition) is 5. The molecule has 118 valence electrons. The van der Waals surface area contributed by atoms with E-state index < -0.39 is 16.0 Å². The molecule has 1 aromatic carbocycles. The lowest BCUT2D eigenvalue weighted by atomic mass is 10.1. The van der Waals surface area contributed by atoms with E-state index in [1.165, 1.54) is 6.07 Å². The summed E-state index contributed by atoms with van der Waals surface area (Å²) in [6, 6.07) is 4.39. The van der Waals surface area contributed by atoms with Crippen LogP contribution in [0.1, 0.15) is 36.2 Å². The molecule has 1 unspecified atom stereocenters. The summed E-state index contributed by atoms with van der Waals surface area (Å²) in [4.78, 5) is 11.8. The Bertz CT molecular complexity index is 597. The summed E-state index contributed by atoms with van der Waals surface area (Å²) in [7, 11) is -3.67. The van der Waals surface area contributed by atoms with Crippen LogP contribution in [0, 0.1) is 6.92 Å². The Morgan fingerprint density at radius 2 is 2.10 bits per heavy atom. The number of carbonyl (C=O) groups is 1. The summed E-state index contributed by atoms with van der Waals surface area (Å²) in [6.07, 6.45) is 0.538. The summed E-state index contributed by atoms with van der Waals surface area (Å²) in [5.74, 6) is -0.537. The first kappa shape index (κ1) is 17.6. The van der Waals surface area contributed by atoms with Crippen molar-refractivity contribution in [2.24, 2.45) is 5.73 Å². The van der Waals surface area contributed by atoms with Crippen LogP contribution in [-0.2, 0) is 14.8 Å². The molecule has 0 radical (unpaired) electrons. The molecule has 6 nitrogen and oxygen atoms in total. The van der Waals surface area contributed by atoms with E-state index in [0.29, 0.717) is 12.0 Å². The number of rotatable bonds is 7. The minimum absolute atomic E-state index is 0.0812. The Morgan fingerprint density at radius 3 is 2.67 bits per heavy atom. The van der Waals surface area contributed by atoms with Crippen molar-refractivity contribution in [3.8, 4) is 0 Å². The highest BCUT2D eigenvalue weighted by atomic mass is 32.2. The average Bonchev–Trinajstić information content (AvgIpc) is 2.38. The molecule has 0 aromatic heterocycles. The molecular formula is C14H22N2O4S. The monoisotopic (exact) mass is 314 g/mol. The molecule has 0 aliphatic rings. The van der Waals surface area contributed by atoms with Gasteiger partial charge in [-0.2, -0.15) is 0 Å². The van der Waals surface area contributed by atoms with Gasteiger partial charge in [0, 0.05) is 12.6 Å². The van der Waals surface area contributed by atoms with E-state index in [-0.39, 0.29) is 29.7 Å². The summed E-state index contributed by atoms with van der Waals surface area (Å²) in [5.41, 5.74) is 6.38. The van der Waals surface area contributed by atoms with E-state index >= 15 is 0 Å². The number of aryl methyl sites for hydroxylation is 1. The molecule has 0 aliphatic heterocycles. The molecule has 0 bridgehead atoms. The Kier molecular flexibility index (Phi) is 6.32. The van der Waals surface area contributed by atoms with Crippen LogP contribution >= 0.6 is 0 Å². The molecule has 0 saturated heterocycles. The first-order valence-corrected chi connectivity index (χ1v) is 8.29. The summed E-state index contributed by atoms with van der Waals surface area (Å²) in [6.45, 7) is 5.67. The normalized spacial score (nSPS) is 13.0. The molecule has 0 aliphatic carbocycles. The highest BCUT2D eigenvalue weighted by molar-refractivity contribution is 7.89. The predicted molar refractivity (Wildman–Crippen MR) is 80.6 cm³/mol. The lowest BCUT2D eigenvalue weighted by Crippen LogP contribution is -2.29. The molecule has 0 saturated carbocycles. The maximum absolute atomic E-state index is 12.3. The Labute approximate surface area is 125 Å². The molecule has 7 heteroatoms. The van der Waals surface area contributed by atoms with Gasteiger partial charge in [0.05, 0.1) is 17.1 Å². The minimum Gasteiger partial charge on any atom is -0.462 e. The van der Waals surface area contributed by atoms with Gasteiger partial charge in [0.1, 0.15) is 0 Å². The fourth-order valence-corrected chi connectivity index (χ4v) is 3.05. The van der Waals surface area contributed by atoms with Crippen LogP contribution in [0.2, 0.25) is 0 Å². The molecule has 0 amide bonds. The van der Waals surface area contributed by atoms with E-state index in [4.69, 9.17) is 10.5 Å². The largest absolute Gasteiger partial charge is 0.462 e. The topological polar surface area (TPSA) is 98.5 Å². The van der Waals surface area contributed by atoms with Gasteiger partial charge in [-0.05, 0) is 44.9 Å². The molecule has 1 aromatic rings. The van der Waals surface area contributed by atoms with Crippen molar-refractivity contribution in [2.75, 3.05) is 13.2 Å². The summed E-state index contributed by atoms with van der Waals surface area (Å²) in [5, 5.41) is 0. The van der Waals surface area contributed by atoms with Gasteiger partial charge in [-0.1, -0.05) is 6.07 Å². The molecule has 0 spiro atoms. The molecule has 21 heavy (non-hydrogen) atoms. The number of nitrogens with two attached hydrogens (primary N) is 1. The van der Waals surface area contributed by atoms with Crippen molar-refractivity contribution in [1.82, 2.24) is 4.72 Å². The number of sulfonamides is 1. The van der Waals surface area contributed by atoms with Gasteiger partial charge in [0.15, 0.2) is 0 Å². The summed E-state index contributed by atoms with van der Waals surface area (Å²) < 4.78 is 31.9. The third-order valence-corrected chi connectivity index (χ3v) is 4.48. The van der Waals surface area contributed by atoms with Gasteiger partial charge in [-0.15, -0.1) is 0 Å². The maximum Gasteiger partial charge on any atom is 0.338 e. The molecule has 0 heterocycles. The highest BCUT2D eigenvalue weighted by Crippen LogP contribution is 2.17. The lowest BCUT2D eigenvalue weighted by molar-refractivity contribution is 0.0526. The highest BCUT2D eigenvalue weighted by Gasteiger charge is 2.19. The number of esters is 1. The number of hydrogen-bond donors (Lipinski definition) is 2. The predicted octanol–water partition coefficient (Wildman–Crippen LogP) is 1.19. The molecule has 3 N–H and O–H groups in total. The zero-order valence-corrected chi connectivity index (χ0v) is 13.4. The average molecular weight is 314 g/mol. The SMILES string of the molecule is CCOC(=O)c1ccc(C)c(S(=O)(=O)NCCC(C)N)c1. The lowest BCUT2D eigenvalue weighted by Gasteiger charge is -2.11. The van der Waals surface area contributed by atoms with Gasteiger partial charge in [-0.25, -0.2) is 17.9 Å². The van der Waals surface area contributed by atoms with Crippen molar-refractivity contribution in [3.05, 3.63) is 29.3 Å². The quantitative estimate of drug-likeness (QED) is 0.737. The van der Waals surface area contributed by atoms with E-state index in [1.54, 1.807) is 32.9 Å². The first-order chi connectivity index (χ1) is 9.77. The van der Waals surface area contributed by atoms with Crippen LogP contribution in [0.5, 0.6) is 0 Å². The number of ether oxygens (including phenoxy) is 1. The maximum atomic E-state index is 12.3. The number of benzene rings is 1. The molecule has 0 fully saturated rings. The Morgan fingerprint density at radius 1 is 1.43 bits per heavy atom. The third-order valence-electron chi connectivity index (χ3n) is 2.88. The van der Waals surface area contributed by atoms with Gasteiger partial charge in [-0.3, -0.25) is 0 Å². The number of carbonyl (C=O) groups excluding carboxylic acids is 1. The van der Waals surface area contributed by atoms with E-state index in [2.05, 4.69) is 4.72 Å². The molecule has 1 rings (SSSR count). The van der Waals surface area contributed by atoms with Crippen molar-refractivity contribution in [2.45, 2.75) is 38.1 Å². The Hall–Kier alpha value is -1.44.